The monoisotopic (exact) mass is 1190 g/mol. The molecule has 0 saturated carbocycles. The zero-order valence-electron chi connectivity index (χ0n) is 54.8. The van der Waals surface area contributed by atoms with E-state index < -0.39 is 67.4 Å². The van der Waals surface area contributed by atoms with E-state index in [1.54, 1.807) is 6.08 Å². The summed E-state index contributed by atoms with van der Waals surface area (Å²) in [7, 11) is 0. The van der Waals surface area contributed by atoms with Crippen molar-refractivity contribution in [3.05, 3.63) is 48.6 Å². The Morgan fingerprint density at radius 2 is 0.821 bits per heavy atom. The van der Waals surface area contributed by atoms with Crippen molar-refractivity contribution in [1.82, 2.24) is 5.32 Å². The number of carbonyl (C=O) groups excluding carboxylic acids is 2. The van der Waals surface area contributed by atoms with Gasteiger partial charge in [-0.2, -0.15) is 0 Å². The molecule has 84 heavy (non-hydrogen) atoms. The van der Waals surface area contributed by atoms with Gasteiger partial charge in [-0.3, -0.25) is 9.59 Å². The van der Waals surface area contributed by atoms with E-state index >= 15 is 0 Å². The highest BCUT2D eigenvalue weighted by Crippen LogP contribution is 2.26. The molecule has 0 radical (unpaired) electrons. The first-order valence-corrected chi connectivity index (χ1v) is 35.9. The third kappa shape index (κ3) is 47.7. The number of aliphatic hydroxyl groups excluding tert-OH is 5. The van der Waals surface area contributed by atoms with Crippen molar-refractivity contribution in [2.24, 2.45) is 0 Å². The van der Waals surface area contributed by atoms with Crippen molar-refractivity contribution in [3.8, 4) is 0 Å². The van der Waals surface area contributed by atoms with E-state index in [-0.39, 0.29) is 13.0 Å². The van der Waals surface area contributed by atoms with Gasteiger partial charge in [0, 0.05) is 6.42 Å². The second-order valence-corrected chi connectivity index (χ2v) is 25.0. The largest absolute Gasteiger partial charge is 0.454 e. The topological polar surface area (TPSA) is 175 Å². The molecule has 0 aromatic heterocycles. The maximum Gasteiger partial charge on any atom is 0.306 e. The number of carbonyl (C=O) groups is 2. The first kappa shape index (κ1) is 79.6. The van der Waals surface area contributed by atoms with Gasteiger partial charge < -0.3 is 45.1 Å². The fourth-order valence-electron chi connectivity index (χ4n) is 11.3. The Kier molecular flexibility index (Phi) is 57.7. The highest BCUT2D eigenvalue weighted by atomic mass is 16.7. The normalized spacial score (nSPS) is 18.7. The van der Waals surface area contributed by atoms with Crippen molar-refractivity contribution in [2.75, 3.05) is 13.2 Å². The maximum atomic E-state index is 13.5. The van der Waals surface area contributed by atoms with Gasteiger partial charge in [0.25, 0.3) is 0 Å². The number of allylic oxidation sites excluding steroid dienone is 7. The van der Waals surface area contributed by atoms with E-state index in [4.69, 9.17) is 14.2 Å². The minimum atomic E-state index is -1.61. The third-order valence-electron chi connectivity index (χ3n) is 17.0. The van der Waals surface area contributed by atoms with Crippen LogP contribution in [0.2, 0.25) is 0 Å². The van der Waals surface area contributed by atoms with Crippen molar-refractivity contribution >= 4 is 11.9 Å². The van der Waals surface area contributed by atoms with Crippen molar-refractivity contribution in [2.45, 2.75) is 391 Å². The van der Waals surface area contributed by atoms with Crippen LogP contribution in [0.15, 0.2) is 48.6 Å². The van der Waals surface area contributed by atoms with Gasteiger partial charge in [0.2, 0.25) is 5.91 Å². The number of ether oxygens (including phenoxy) is 3. The molecular formula is C73H135NO10. The summed E-state index contributed by atoms with van der Waals surface area (Å²) < 4.78 is 17.7. The molecule has 8 unspecified atom stereocenters. The van der Waals surface area contributed by atoms with Crippen LogP contribution in [0.5, 0.6) is 0 Å². The Morgan fingerprint density at radius 1 is 0.464 bits per heavy atom. The molecule has 1 amide bonds. The van der Waals surface area contributed by atoms with E-state index in [0.717, 1.165) is 70.6 Å². The number of hydrogen-bond acceptors (Lipinski definition) is 10. The molecule has 0 aliphatic carbocycles. The van der Waals surface area contributed by atoms with Gasteiger partial charge in [0.1, 0.15) is 24.4 Å². The number of rotatable bonds is 62. The van der Waals surface area contributed by atoms with Crippen LogP contribution >= 0.6 is 0 Å². The molecule has 1 rings (SSSR count). The molecule has 492 valence electrons. The average molecular weight is 1190 g/mol. The van der Waals surface area contributed by atoms with Gasteiger partial charge in [-0.1, -0.05) is 320 Å². The second kappa shape index (κ2) is 60.9. The van der Waals surface area contributed by atoms with Gasteiger partial charge in [-0.15, -0.1) is 0 Å². The summed E-state index contributed by atoms with van der Waals surface area (Å²) in [4.78, 5) is 26.7. The number of unbranched alkanes of at least 4 members (excludes halogenated alkanes) is 42. The molecule has 1 aliphatic rings. The van der Waals surface area contributed by atoms with Crippen LogP contribution in [0.25, 0.3) is 0 Å². The van der Waals surface area contributed by atoms with Gasteiger partial charge in [-0.25, -0.2) is 0 Å². The molecule has 1 saturated heterocycles. The van der Waals surface area contributed by atoms with Crippen LogP contribution < -0.4 is 5.32 Å². The van der Waals surface area contributed by atoms with Gasteiger partial charge >= 0.3 is 5.97 Å². The number of amides is 1. The summed E-state index contributed by atoms with van der Waals surface area (Å²) in [6, 6.07) is -1.02. The molecule has 0 aromatic carbocycles. The minimum absolute atomic E-state index is 0.123. The van der Waals surface area contributed by atoms with E-state index in [1.165, 1.54) is 225 Å². The molecule has 0 spiro atoms. The molecule has 6 N–H and O–H groups in total. The predicted octanol–water partition coefficient (Wildman–Crippen LogP) is 18.3. The third-order valence-corrected chi connectivity index (χ3v) is 17.0. The molecular weight excluding hydrogens is 1050 g/mol. The molecule has 1 fully saturated rings. The van der Waals surface area contributed by atoms with Crippen LogP contribution in [0.4, 0.5) is 0 Å². The predicted molar refractivity (Wildman–Crippen MR) is 352 cm³/mol. The quantitative estimate of drug-likeness (QED) is 0.0195. The number of aliphatic hydroxyl groups is 5. The van der Waals surface area contributed by atoms with E-state index in [1.807, 2.05) is 6.08 Å². The standard InChI is InChI=1S/C73H135NO10/c1-4-7-10-13-16-19-22-25-27-29-31-32-33-34-35-36-37-39-41-43-46-49-52-55-58-61-68(78)84-71-70(80)69(79)67(62-75)83-73(71)82-63-64(65(76)59-56-53-50-47-44-24-21-18-15-12-9-6-3)74-72(81)66(77)60-57-54-51-48-45-42-40-38-30-28-26-23-20-17-14-11-8-5-2/h16,19,25,27,31-32,56,59,64-67,69-71,73,75-77,79-80H,4-15,17-18,20-24,26,28-30,33-55,57-58,60-63H2,1-3H3,(H,74,81)/b19-16-,27-25-,32-31-,59-56+. The molecule has 11 nitrogen and oxygen atoms in total. The zero-order valence-corrected chi connectivity index (χ0v) is 54.8. The Balaban J connectivity index is 2.55. The summed E-state index contributed by atoms with van der Waals surface area (Å²) >= 11 is 0. The van der Waals surface area contributed by atoms with Crippen molar-refractivity contribution in [3.63, 3.8) is 0 Å². The summed E-state index contributed by atoms with van der Waals surface area (Å²) in [5.41, 5.74) is 0. The lowest BCUT2D eigenvalue weighted by molar-refractivity contribution is -0.305. The van der Waals surface area contributed by atoms with Gasteiger partial charge in [0.15, 0.2) is 12.4 Å². The molecule has 8 atom stereocenters. The van der Waals surface area contributed by atoms with Gasteiger partial charge in [-0.05, 0) is 64.2 Å². The Labute approximate surface area is 516 Å². The summed E-state index contributed by atoms with van der Waals surface area (Å²) in [6.07, 6.45) is 65.8. The highest BCUT2D eigenvalue weighted by Gasteiger charge is 2.47. The smallest absolute Gasteiger partial charge is 0.306 e. The minimum Gasteiger partial charge on any atom is -0.454 e. The summed E-state index contributed by atoms with van der Waals surface area (Å²) in [5, 5.41) is 57.2. The Morgan fingerprint density at radius 3 is 1.25 bits per heavy atom. The molecule has 1 heterocycles. The van der Waals surface area contributed by atoms with Crippen molar-refractivity contribution in [1.29, 1.82) is 0 Å². The van der Waals surface area contributed by atoms with Crippen LogP contribution in [-0.2, 0) is 23.8 Å². The molecule has 0 bridgehead atoms. The summed E-state index contributed by atoms with van der Waals surface area (Å²) in [6.45, 7) is 5.81. The van der Waals surface area contributed by atoms with Crippen LogP contribution in [0.3, 0.4) is 0 Å². The Hall–Kier alpha value is -2.38. The van der Waals surface area contributed by atoms with Crippen LogP contribution in [0, 0.1) is 0 Å². The Bertz CT molecular complexity index is 1550. The SMILES string of the molecule is CCCCC/C=C\C/C=C\C/C=C\CCCCCCCCCCCCCCC(=O)OC1C(OCC(NC(=O)C(O)CCCCCCCCCCCCCCCCCCCC)C(O)/C=C/CCCCCCCCCCCC)OC(CO)C(O)C1O. The van der Waals surface area contributed by atoms with Gasteiger partial charge in [0.05, 0.1) is 25.4 Å². The lowest BCUT2D eigenvalue weighted by Crippen LogP contribution is -2.61. The lowest BCUT2D eigenvalue weighted by atomic mass is 9.99. The fraction of sp³-hybridized carbons (Fsp3) is 0.863. The number of hydrogen-bond donors (Lipinski definition) is 6. The lowest BCUT2D eigenvalue weighted by Gasteiger charge is -2.41. The van der Waals surface area contributed by atoms with Crippen molar-refractivity contribution < 1.29 is 49.3 Å². The highest BCUT2D eigenvalue weighted by molar-refractivity contribution is 5.80. The number of esters is 1. The van der Waals surface area contributed by atoms with E-state index in [9.17, 15) is 35.1 Å². The molecule has 0 aromatic rings. The van der Waals surface area contributed by atoms with Crippen LogP contribution in [-0.4, -0.2) is 99.6 Å². The maximum absolute atomic E-state index is 13.5. The van der Waals surface area contributed by atoms with Crippen LogP contribution in [0.1, 0.15) is 342 Å². The molecule has 11 heteroatoms. The molecule has 1 aliphatic heterocycles. The zero-order chi connectivity index (χ0) is 61.0. The van der Waals surface area contributed by atoms with E-state index in [0.29, 0.717) is 19.3 Å². The second-order valence-electron chi connectivity index (χ2n) is 25.0. The average Bonchev–Trinajstić information content (AvgIpc) is 3.69. The fourth-order valence-corrected chi connectivity index (χ4v) is 11.3. The first-order chi connectivity index (χ1) is 41.2. The number of nitrogens with one attached hydrogen (secondary N) is 1. The summed E-state index contributed by atoms with van der Waals surface area (Å²) in [5.74, 6) is -1.18. The first-order valence-electron chi connectivity index (χ1n) is 35.9. The van der Waals surface area contributed by atoms with E-state index in [2.05, 4.69) is 62.5 Å².